The molecule has 0 aliphatic carbocycles. The summed E-state index contributed by atoms with van der Waals surface area (Å²) in [6.45, 7) is 3.99. The fourth-order valence-electron chi connectivity index (χ4n) is 2.60. The van der Waals surface area contributed by atoms with Gasteiger partial charge >= 0.3 is 12.1 Å². The summed E-state index contributed by atoms with van der Waals surface area (Å²) in [5.74, 6) is 0.199. The monoisotopic (exact) mass is 226 g/mol. The van der Waals surface area contributed by atoms with E-state index in [0.29, 0.717) is 0 Å². The molecular formula is C10H18N4O2. The normalized spacial score (nSPS) is 39.0. The van der Waals surface area contributed by atoms with Crippen molar-refractivity contribution in [2.24, 2.45) is 5.92 Å². The van der Waals surface area contributed by atoms with E-state index in [1.807, 2.05) is 13.8 Å². The molecule has 2 aliphatic rings. The molecule has 2 rings (SSSR count). The second-order valence-corrected chi connectivity index (χ2v) is 4.67. The van der Waals surface area contributed by atoms with Crippen molar-refractivity contribution in [1.29, 1.82) is 0 Å². The molecule has 6 heteroatoms. The van der Waals surface area contributed by atoms with Crippen molar-refractivity contribution in [1.82, 2.24) is 20.4 Å². The van der Waals surface area contributed by atoms with Crippen LogP contribution in [0.2, 0.25) is 0 Å². The van der Waals surface area contributed by atoms with Crippen molar-refractivity contribution in [3.05, 3.63) is 0 Å². The molecule has 2 aliphatic heterocycles. The molecule has 6 nitrogen and oxygen atoms in total. The Morgan fingerprint density at radius 3 is 2.19 bits per heavy atom. The van der Waals surface area contributed by atoms with Crippen LogP contribution in [0.5, 0.6) is 0 Å². The van der Waals surface area contributed by atoms with E-state index in [4.69, 9.17) is 0 Å². The van der Waals surface area contributed by atoms with E-state index >= 15 is 0 Å². The number of fused-ring (bicyclic) bond motifs is 1. The van der Waals surface area contributed by atoms with Gasteiger partial charge in [0.25, 0.3) is 0 Å². The summed E-state index contributed by atoms with van der Waals surface area (Å²) in [4.78, 5) is 26.5. The molecule has 2 N–H and O–H groups in total. The Hall–Kier alpha value is -1.46. The Balaban J connectivity index is 2.29. The zero-order chi connectivity index (χ0) is 12.0. The first kappa shape index (κ1) is 11.0. The topological polar surface area (TPSA) is 64.7 Å². The van der Waals surface area contributed by atoms with Crippen LogP contribution < -0.4 is 10.6 Å². The van der Waals surface area contributed by atoms with E-state index in [-0.39, 0.29) is 36.2 Å². The summed E-state index contributed by atoms with van der Waals surface area (Å²) in [6.07, 6.45) is -0.206. The fraction of sp³-hybridized carbons (Fsp3) is 0.800. The zero-order valence-electron chi connectivity index (χ0n) is 10.0. The van der Waals surface area contributed by atoms with Crippen molar-refractivity contribution < 1.29 is 9.59 Å². The highest BCUT2D eigenvalue weighted by atomic mass is 16.2. The lowest BCUT2D eigenvalue weighted by atomic mass is 9.86. The Kier molecular flexibility index (Phi) is 2.44. The van der Waals surface area contributed by atoms with Gasteiger partial charge in [0.15, 0.2) is 0 Å². The molecule has 2 saturated heterocycles. The molecule has 2 fully saturated rings. The van der Waals surface area contributed by atoms with Crippen molar-refractivity contribution in [2.75, 3.05) is 14.1 Å². The molecule has 16 heavy (non-hydrogen) atoms. The third-order valence-electron chi connectivity index (χ3n) is 3.79. The van der Waals surface area contributed by atoms with Gasteiger partial charge in [-0.1, -0.05) is 0 Å². The van der Waals surface area contributed by atoms with Gasteiger partial charge in [0.1, 0.15) is 6.17 Å². The van der Waals surface area contributed by atoms with Crippen LogP contribution in [-0.2, 0) is 0 Å². The molecule has 0 unspecified atom stereocenters. The quantitative estimate of drug-likeness (QED) is 0.611. The van der Waals surface area contributed by atoms with Crippen LogP contribution in [0.25, 0.3) is 0 Å². The maximum atomic E-state index is 11.7. The van der Waals surface area contributed by atoms with E-state index < -0.39 is 0 Å². The molecule has 4 atom stereocenters. The summed E-state index contributed by atoms with van der Waals surface area (Å²) in [5.41, 5.74) is 0. The minimum Gasteiger partial charge on any atom is -0.335 e. The molecule has 0 spiro atoms. The number of nitrogens with zero attached hydrogens (tertiary/aromatic N) is 2. The molecule has 0 saturated carbocycles. The van der Waals surface area contributed by atoms with Crippen molar-refractivity contribution in [3.63, 3.8) is 0 Å². The lowest BCUT2D eigenvalue weighted by Gasteiger charge is -2.51. The Labute approximate surface area is 95.0 Å². The molecule has 2 heterocycles. The first-order chi connectivity index (χ1) is 7.43. The number of hydrogen-bond donors (Lipinski definition) is 2. The van der Waals surface area contributed by atoms with Gasteiger partial charge in [0.2, 0.25) is 0 Å². The second kappa shape index (κ2) is 3.54. The number of rotatable bonds is 0. The summed E-state index contributed by atoms with van der Waals surface area (Å²) in [6, 6.07) is -0.0862. The maximum absolute atomic E-state index is 11.7. The zero-order valence-corrected chi connectivity index (χ0v) is 10.0. The van der Waals surface area contributed by atoms with Crippen LogP contribution in [0.4, 0.5) is 9.59 Å². The van der Waals surface area contributed by atoms with E-state index in [9.17, 15) is 9.59 Å². The standard InChI is InChI=1S/C10H18N4O2/c1-5-7-6(2)13(3)10(16)12-8(7)14(4)9(15)11-5/h5-8H,1-4H3,(H,11,15)(H,12,16)/t5-,6+,7-,8+/m1/s1. The third kappa shape index (κ3) is 1.40. The second-order valence-electron chi connectivity index (χ2n) is 4.67. The Morgan fingerprint density at radius 1 is 1.00 bits per heavy atom. The van der Waals surface area contributed by atoms with Gasteiger partial charge in [-0.2, -0.15) is 0 Å². The number of carbonyl (C=O) groups is 2. The van der Waals surface area contributed by atoms with Crippen molar-refractivity contribution in [2.45, 2.75) is 32.1 Å². The number of nitrogens with one attached hydrogen (secondary N) is 2. The summed E-state index contributed by atoms with van der Waals surface area (Å²) < 4.78 is 0. The number of hydrogen-bond acceptors (Lipinski definition) is 2. The lowest BCUT2D eigenvalue weighted by molar-refractivity contribution is 0.0318. The molecule has 0 bridgehead atoms. The van der Waals surface area contributed by atoms with Gasteiger partial charge in [-0.25, -0.2) is 9.59 Å². The predicted molar refractivity (Wildman–Crippen MR) is 58.8 cm³/mol. The number of urea groups is 2. The SMILES string of the molecule is C[C@H]1NC(=O)N(C)[C@@H]2NC(=O)N(C)[C@@H](C)[C@H]21. The van der Waals surface area contributed by atoms with Gasteiger partial charge in [-0.3, -0.25) is 0 Å². The largest absolute Gasteiger partial charge is 0.335 e. The fourth-order valence-corrected chi connectivity index (χ4v) is 2.60. The Morgan fingerprint density at radius 2 is 1.56 bits per heavy atom. The molecule has 0 aromatic carbocycles. The van der Waals surface area contributed by atoms with E-state index in [1.54, 1.807) is 23.9 Å². The Bertz CT molecular complexity index is 333. The van der Waals surface area contributed by atoms with Crippen molar-refractivity contribution in [3.8, 4) is 0 Å². The highest BCUT2D eigenvalue weighted by molar-refractivity contribution is 5.80. The van der Waals surface area contributed by atoms with Crippen LogP contribution in [0, 0.1) is 5.92 Å². The van der Waals surface area contributed by atoms with Crippen LogP contribution in [0.3, 0.4) is 0 Å². The van der Waals surface area contributed by atoms with Gasteiger partial charge in [0, 0.05) is 32.1 Å². The van der Waals surface area contributed by atoms with Crippen LogP contribution >= 0.6 is 0 Å². The maximum Gasteiger partial charge on any atom is 0.319 e. The molecule has 4 amide bonds. The first-order valence-corrected chi connectivity index (χ1v) is 5.50. The first-order valence-electron chi connectivity index (χ1n) is 5.50. The highest BCUT2D eigenvalue weighted by Crippen LogP contribution is 2.27. The predicted octanol–water partition coefficient (Wildman–Crippen LogP) is 0.0157. The van der Waals surface area contributed by atoms with Gasteiger partial charge in [-0.05, 0) is 13.8 Å². The lowest BCUT2D eigenvalue weighted by Crippen LogP contribution is -2.73. The van der Waals surface area contributed by atoms with E-state index in [1.165, 1.54) is 0 Å². The number of amides is 4. The summed E-state index contributed by atoms with van der Waals surface area (Å²) in [5, 5.41) is 5.76. The van der Waals surface area contributed by atoms with Crippen LogP contribution in [0.1, 0.15) is 13.8 Å². The van der Waals surface area contributed by atoms with Crippen LogP contribution in [0.15, 0.2) is 0 Å². The number of carbonyl (C=O) groups excluding carboxylic acids is 2. The molecule has 0 radical (unpaired) electrons. The molecule has 0 aromatic heterocycles. The average Bonchev–Trinajstić information content (AvgIpc) is 2.22. The van der Waals surface area contributed by atoms with Gasteiger partial charge < -0.3 is 20.4 Å². The minimum absolute atomic E-state index is 0.0618. The molecule has 90 valence electrons. The minimum atomic E-state index is -0.206. The van der Waals surface area contributed by atoms with Crippen molar-refractivity contribution >= 4 is 12.1 Å². The van der Waals surface area contributed by atoms with Crippen LogP contribution in [-0.4, -0.2) is 54.2 Å². The highest BCUT2D eigenvalue weighted by Gasteiger charge is 2.47. The summed E-state index contributed by atoms with van der Waals surface area (Å²) >= 11 is 0. The molecular weight excluding hydrogens is 208 g/mol. The van der Waals surface area contributed by atoms with E-state index in [2.05, 4.69) is 10.6 Å². The molecule has 0 aromatic rings. The third-order valence-corrected chi connectivity index (χ3v) is 3.79. The van der Waals surface area contributed by atoms with Gasteiger partial charge in [-0.15, -0.1) is 0 Å². The van der Waals surface area contributed by atoms with E-state index in [0.717, 1.165) is 0 Å². The smallest absolute Gasteiger partial charge is 0.319 e. The summed E-state index contributed by atoms with van der Waals surface area (Å²) in [7, 11) is 3.48. The average molecular weight is 226 g/mol. The van der Waals surface area contributed by atoms with Gasteiger partial charge in [0.05, 0.1) is 0 Å².